The highest BCUT2D eigenvalue weighted by Gasteiger charge is 2.13. The van der Waals surface area contributed by atoms with E-state index in [1.165, 1.54) is 5.56 Å². The van der Waals surface area contributed by atoms with E-state index in [1.54, 1.807) is 23.9 Å². The van der Waals surface area contributed by atoms with Gasteiger partial charge in [-0.15, -0.1) is 11.8 Å². The van der Waals surface area contributed by atoms with Crippen molar-refractivity contribution in [3.63, 3.8) is 0 Å². The number of hydrogen-bond acceptors (Lipinski definition) is 4. The molecule has 0 aliphatic carbocycles. The maximum atomic E-state index is 12.2. The van der Waals surface area contributed by atoms with Gasteiger partial charge in [0.25, 0.3) is 0 Å². The number of carbonyl (C=O) groups is 1. The van der Waals surface area contributed by atoms with Gasteiger partial charge in [-0.3, -0.25) is 0 Å². The Morgan fingerprint density at radius 3 is 2.41 bits per heavy atom. The highest BCUT2D eigenvalue weighted by Crippen LogP contribution is 2.25. The molecule has 5 heteroatoms. The molecule has 27 heavy (non-hydrogen) atoms. The van der Waals surface area contributed by atoms with Gasteiger partial charge in [0, 0.05) is 9.92 Å². The molecule has 3 rings (SSSR count). The smallest absolute Gasteiger partial charge is 0.374 e. The van der Waals surface area contributed by atoms with E-state index in [0.717, 1.165) is 16.2 Å². The molecule has 1 aromatic heterocycles. The molecule has 0 amide bonds. The average molecular weight is 401 g/mol. The second-order valence-corrected chi connectivity index (χ2v) is 7.97. The number of thioether (sulfide) groups is 1. The third-order valence-corrected chi connectivity index (χ3v) is 5.36. The van der Waals surface area contributed by atoms with Crippen LogP contribution >= 0.6 is 23.4 Å². The Hall–Kier alpha value is -2.17. The van der Waals surface area contributed by atoms with Crippen LogP contribution in [0.15, 0.2) is 70.0 Å². The lowest BCUT2D eigenvalue weighted by atomic mass is 10.0. The molecule has 3 aromatic rings. The summed E-state index contributed by atoms with van der Waals surface area (Å²) >= 11 is 7.50. The van der Waals surface area contributed by atoms with E-state index in [0.29, 0.717) is 16.7 Å². The predicted molar refractivity (Wildman–Crippen MR) is 109 cm³/mol. The minimum absolute atomic E-state index is 0.223. The van der Waals surface area contributed by atoms with E-state index in [9.17, 15) is 4.79 Å². The van der Waals surface area contributed by atoms with E-state index in [-0.39, 0.29) is 12.4 Å². The summed E-state index contributed by atoms with van der Waals surface area (Å²) in [6.45, 7) is 4.52. The first-order valence-electron chi connectivity index (χ1n) is 8.74. The van der Waals surface area contributed by atoms with Crippen LogP contribution in [0.3, 0.4) is 0 Å². The van der Waals surface area contributed by atoms with Gasteiger partial charge in [-0.25, -0.2) is 4.79 Å². The number of esters is 1. The summed E-state index contributed by atoms with van der Waals surface area (Å²) in [7, 11) is 0. The lowest BCUT2D eigenvalue weighted by Crippen LogP contribution is -2.04. The van der Waals surface area contributed by atoms with Gasteiger partial charge in [0.15, 0.2) is 0 Å². The Morgan fingerprint density at radius 1 is 1.04 bits per heavy atom. The number of hydrogen-bond donors (Lipinski definition) is 0. The summed E-state index contributed by atoms with van der Waals surface area (Å²) in [6, 6.07) is 19.2. The number of furan rings is 1. The lowest BCUT2D eigenvalue weighted by Gasteiger charge is -2.07. The van der Waals surface area contributed by atoms with E-state index < -0.39 is 5.97 Å². The Labute approximate surface area is 168 Å². The number of carbonyl (C=O) groups excluding carboxylic acids is 1. The minimum atomic E-state index is -0.453. The van der Waals surface area contributed by atoms with Crippen molar-refractivity contribution in [2.75, 3.05) is 0 Å². The Bertz CT molecular complexity index is 883. The molecule has 0 N–H and O–H groups in total. The zero-order valence-electron chi connectivity index (χ0n) is 15.3. The fraction of sp³-hybridized carbons (Fsp3) is 0.227. The van der Waals surface area contributed by atoms with Crippen molar-refractivity contribution in [2.24, 2.45) is 0 Å². The number of benzene rings is 2. The zero-order chi connectivity index (χ0) is 19.2. The second kappa shape index (κ2) is 9.16. The van der Waals surface area contributed by atoms with Crippen molar-refractivity contribution >= 4 is 29.3 Å². The molecule has 0 aliphatic heterocycles. The van der Waals surface area contributed by atoms with Crippen molar-refractivity contribution < 1.29 is 13.9 Å². The highest BCUT2D eigenvalue weighted by atomic mass is 35.5. The quantitative estimate of drug-likeness (QED) is 0.326. The molecule has 140 valence electrons. The average Bonchev–Trinajstić information content (AvgIpc) is 3.15. The molecule has 0 aliphatic rings. The molecular formula is C22H21ClO3S. The summed E-state index contributed by atoms with van der Waals surface area (Å²) in [5.74, 6) is 1.61. The SMILES string of the molecule is CC(C)c1ccc(COC(=O)c2ccc(CSc3ccc(Cl)cc3)o2)cc1. The fourth-order valence-corrected chi connectivity index (χ4v) is 3.39. The molecule has 0 bridgehead atoms. The van der Waals surface area contributed by atoms with Crippen LogP contribution in [0.5, 0.6) is 0 Å². The van der Waals surface area contributed by atoms with E-state index in [4.69, 9.17) is 20.8 Å². The van der Waals surface area contributed by atoms with Gasteiger partial charge in [-0.2, -0.15) is 0 Å². The summed E-state index contributed by atoms with van der Waals surface area (Å²) in [5, 5.41) is 0.709. The number of ether oxygens (including phenoxy) is 1. The van der Waals surface area contributed by atoms with Crippen LogP contribution in [0.25, 0.3) is 0 Å². The van der Waals surface area contributed by atoms with Crippen LogP contribution in [-0.2, 0) is 17.1 Å². The molecular weight excluding hydrogens is 380 g/mol. The third kappa shape index (κ3) is 5.65. The predicted octanol–water partition coefficient (Wildman–Crippen LogP) is 6.71. The monoisotopic (exact) mass is 400 g/mol. The van der Waals surface area contributed by atoms with Crippen LogP contribution < -0.4 is 0 Å². The van der Waals surface area contributed by atoms with Gasteiger partial charge in [-0.1, -0.05) is 49.7 Å². The maximum absolute atomic E-state index is 12.2. The van der Waals surface area contributed by atoms with Crippen molar-refractivity contribution in [2.45, 2.75) is 37.0 Å². The Balaban J connectivity index is 1.51. The van der Waals surface area contributed by atoms with E-state index in [1.807, 2.05) is 36.4 Å². The lowest BCUT2D eigenvalue weighted by molar-refractivity contribution is 0.0434. The molecule has 0 atom stereocenters. The largest absolute Gasteiger partial charge is 0.455 e. The molecule has 0 spiro atoms. The first-order chi connectivity index (χ1) is 13.0. The van der Waals surface area contributed by atoms with Crippen molar-refractivity contribution in [1.29, 1.82) is 0 Å². The van der Waals surface area contributed by atoms with Gasteiger partial charge in [0.1, 0.15) is 12.4 Å². The summed E-state index contributed by atoms with van der Waals surface area (Å²) in [6.07, 6.45) is 0. The molecule has 0 saturated heterocycles. The standard InChI is InChI=1S/C22H21ClO3S/c1-15(2)17-5-3-16(4-6-17)13-25-22(24)21-12-9-19(26-21)14-27-20-10-7-18(23)8-11-20/h3-12,15H,13-14H2,1-2H3. The molecule has 0 saturated carbocycles. The minimum Gasteiger partial charge on any atom is -0.455 e. The molecule has 1 heterocycles. The van der Waals surface area contributed by atoms with E-state index in [2.05, 4.69) is 26.0 Å². The highest BCUT2D eigenvalue weighted by molar-refractivity contribution is 7.98. The first kappa shape index (κ1) is 19.6. The van der Waals surface area contributed by atoms with Gasteiger partial charge in [0.05, 0.1) is 5.75 Å². The topological polar surface area (TPSA) is 39.4 Å². The number of rotatable bonds is 7. The van der Waals surface area contributed by atoms with Gasteiger partial charge in [0.2, 0.25) is 5.76 Å². The van der Waals surface area contributed by atoms with Crippen LogP contribution in [0, 0.1) is 0 Å². The molecule has 2 aromatic carbocycles. The van der Waals surface area contributed by atoms with Gasteiger partial charge >= 0.3 is 5.97 Å². The van der Waals surface area contributed by atoms with Crippen LogP contribution in [0.4, 0.5) is 0 Å². The van der Waals surface area contributed by atoms with Crippen molar-refractivity contribution in [3.8, 4) is 0 Å². The second-order valence-electron chi connectivity index (χ2n) is 6.48. The fourth-order valence-electron chi connectivity index (χ4n) is 2.47. The van der Waals surface area contributed by atoms with Crippen LogP contribution in [0.2, 0.25) is 5.02 Å². The van der Waals surface area contributed by atoms with Crippen LogP contribution in [-0.4, -0.2) is 5.97 Å². The normalized spacial score (nSPS) is 11.0. The third-order valence-electron chi connectivity index (χ3n) is 4.07. The summed E-state index contributed by atoms with van der Waals surface area (Å²) in [4.78, 5) is 13.3. The zero-order valence-corrected chi connectivity index (χ0v) is 16.8. The van der Waals surface area contributed by atoms with E-state index >= 15 is 0 Å². The first-order valence-corrected chi connectivity index (χ1v) is 10.1. The van der Waals surface area contributed by atoms with Crippen molar-refractivity contribution in [3.05, 3.63) is 88.3 Å². The van der Waals surface area contributed by atoms with Gasteiger partial charge in [-0.05, 0) is 53.4 Å². The Kier molecular flexibility index (Phi) is 6.64. The molecule has 3 nitrogen and oxygen atoms in total. The summed E-state index contributed by atoms with van der Waals surface area (Å²) < 4.78 is 11.0. The van der Waals surface area contributed by atoms with Gasteiger partial charge < -0.3 is 9.15 Å². The molecule has 0 fully saturated rings. The summed E-state index contributed by atoms with van der Waals surface area (Å²) in [5.41, 5.74) is 2.22. The molecule has 0 radical (unpaired) electrons. The maximum Gasteiger partial charge on any atom is 0.374 e. The van der Waals surface area contributed by atoms with Crippen molar-refractivity contribution in [1.82, 2.24) is 0 Å². The molecule has 0 unspecified atom stereocenters. The Morgan fingerprint density at radius 2 is 1.74 bits per heavy atom. The van der Waals surface area contributed by atoms with Crippen LogP contribution in [0.1, 0.15) is 47.2 Å². The number of halogens is 1.